The van der Waals surface area contributed by atoms with Crippen LogP contribution in [0, 0.1) is 16.0 Å². The maximum atomic E-state index is 10.7. The maximum Gasteiger partial charge on any atom is 0.302 e. The lowest BCUT2D eigenvalue weighted by atomic mass is 9.92. The molecule has 0 fully saturated rings. The van der Waals surface area contributed by atoms with E-state index in [0.717, 1.165) is 24.8 Å². The zero-order valence-electron chi connectivity index (χ0n) is 15.0. The Balaban J connectivity index is 1.73. The number of hydrogen-bond acceptors (Lipinski definition) is 4. The first-order valence-electron chi connectivity index (χ1n) is 8.82. The molecule has 3 rings (SSSR count). The molecule has 0 spiro atoms. The molecule has 6 nitrogen and oxygen atoms in total. The van der Waals surface area contributed by atoms with Crippen molar-refractivity contribution in [1.29, 1.82) is 0 Å². The van der Waals surface area contributed by atoms with E-state index in [1.54, 1.807) is 10.8 Å². The van der Waals surface area contributed by atoms with E-state index in [9.17, 15) is 10.1 Å². The summed E-state index contributed by atoms with van der Waals surface area (Å²) in [7, 11) is 0. The van der Waals surface area contributed by atoms with Crippen LogP contribution in [0.4, 0.5) is 0 Å². The van der Waals surface area contributed by atoms with Gasteiger partial charge >= 0.3 is 5.09 Å². The number of benzene rings is 2. The summed E-state index contributed by atoms with van der Waals surface area (Å²) < 4.78 is 1.67. The van der Waals surface area contributed by atoms with E-state index in [1.165, 1.54) is 11.8 Å². The van der Waals surface area contributed by atoms with Gasteiger partial charge in [0.2, 0.25) is 0 Å². The quantitative estimate of drug-likeness (QED) is 0.350. The van der Waals surface area contributed by atoms with E-state index in [1.807, 2.05) is 48.5 Å². The summed E-state index contributed by atoms with van der Waals surface area (Å²) in [5.41, 5.74) is 2.35. The Kier molecular flexibility index (Phi) is 6.90. The molecule has 0 aliphatic rings. The van der Waals surface area contributed by atoms with Crippen molar-refractivity contribution in [3.05, 3.63) is 92.2 Å². The number of aryl methyl sites for hydroxylation is 1. The first-order chi connectivity index (χ1) is 13.5. The second-order valence-electron chi connectivity index (χ2n) is 6.54. The molecule has 0 aliphatic carbocycles. The van der Waals surface area contributed by atoms with Gasteiger partial charge in [0, 0.05) is 29.0 Å². The highest BCUT2D eigenvalue weighted by Gasteiger charge is 2.15. The average molecular weight is 420 g/mol. The first-order valence-corrected chi connectivity index (χ1v) is 9.57. The molecule has 0 amide bonds. The summed E-state index contributed by atoms with van der Waals surface area (Å²) >= 11 is 11.9. The molecule has 3 aromatic rings. The third kappa shape index (κ3) is 5.97. The van der Waals surface area contributed by atoms with Gasteiger partial charge in [0.15, 0.2) is 0 Å². The molecule has 0 N–H and O–H groups in total. The van der Waals surface area contributed by atoms with Gasteiger partial charge in [-0.3, -0.25) is 0 Å². The van der Waals surface area contributed by atoms with Crippen molar-refractivity contribution in [1.82, 2.24) is 9.55 Å². The fraction of sp³-hybridized carbons (Fsp3) is 0.250. The molecular formula is C20H19Cl2N3O3. The van der Waals surface area contributed by atoms with Crippen LogP contribution < -0.4 is 4.84 Å². The largest absolute Gasteiger partial charge is 0.312 e. The van der Waals surface area contributed by atoms with Crippen LogP contribution in [0.15, 0.2) is 60.9 Å². The standard InChI is InChI=1S/C20H19Cl2N3O3/c21-18-7-3-15(4-8-18)1-2-17(13-16-5-9-19(22)10-6-16)14-24-12-11-23-20(24)28-25(26)27/h3-12,17H,1-2,13-14H2. The van der Waals surface area contributed by atoms with Gasteiger partial charge in [-0.2, -0.15) is 0 Å². The van der Waals surface area contributed by atoms with Crippen LogP contribution >= 0.6 is 23.2 Å². The predicted octanol–water partition coefficient (Wildman–Crippen LogP) is 5.25. The van der Waals surface area contributed by atoms with Crippen molar-refractivity contribution in [2.24, 2.45) is 5.92 Å². The van der Waals surface area contributed by atoms with E-state index in [2.05, 4.69) is 9.82 Å². The van der Waals surface area contributed by atoms with E-state index in [-0.39, 0.29) is 11.9 Å². The molecule has 8 heteroatoms. The normalized spacial score (nSPS) is 11.9. The SMILES string of the molecule is O=[N+]([O-])Oc1nccn1CC(CCc1ccc(Cl)cc1)Cc1ccc(Cl)cc1. The fourth-order valence-electron chi connectivity index (χ4n) is 3.11. The lowest BCUT2D eigenvalue weighted by Crippen LogP contribution is -2.17. The minimum Gasteiger partial charge on any atom is -0.312 e. The zero-order chi connectivity index (χ0) is 19.9. The Bertz CT molecular complexity index is 911. The summed E-state index contributed by atoms with van der Waals surface area (Å²) in [6, 6.07) is 15.5. The third-order valence-electron chi connectivity index (χ3n) is 4.48. The Morgan fingerprint density at radius 1 is 1.04 bits per heavy atom. The van der Waals surface area contributed by atoms with Crippen LogP contribution in [0.2, 0.25) is 10.0 Å². The molecule has 146 valence electrons. The Morgan fingerprint density at radius 3 is 2.25 bits per heavy atom. The van der Waals surface area contributed by atoms with Gasteiger partial charge in [-0.25, -0.2) is 9.82 Å². The zero-order valence-corrected chi connectivity index (χ0v) is 16.5. The predicted molar refractivity (Wildman–Crippen MR) is 108 cm³/mol. The van der Waals surface area contributed by atoms with Gasteiger partial charge in [0.1, 0.15) is 0 Å². The van der Waals surface area contributed by atoms with Crippen LogP contribution in [0.1, 0.15) is 17.5 Å². The molecule has 0 saturated heterocycles. The number of rotatable bonds is 9. The fourth-order valence-corrected chi connectivity index (χ4v) is 3.36. The molecular weight excluding hydrogens is 401 g/mol. The highest BCUT2D eigenvalue weighted by atomic mass is 35.5. The first kappa shape index (κ1) is 20.2. The molecule has 0 radical (unpaired) electrons. The number of hydrogen-bond donors (Lipinski definition) is 0. The molecule has 1 atom stereocenters. The second-order valence-corrected chi connectivity index (χ2v) is 7.41. The van der Waals surface area contributed by atoms with E-state index in [4.69, 9.17) is 23.2 Å². The third-order valence-corrected chi connectivity index (χ3v) is 4.98. The average Bonchev–Trinajstić information content (AvgIpc) is 3.09. The molecule has 0 bridgehead atoms. The van der Waals surface area contributed by atoms with Crippen molar-refractivity contribution in [3.8, 4) is 6.01 Å². The minimum atomic E-state index is -0.846. The Morgan fingerprint density at radius 2 is 1.64 bits per heavy atom. The molecule has 1 heterocycles. The molecule has 2 aromatic carbocycles. The minimum absolute atomic E-state index is 0.0161. The van der Waals surface area contributed by atoms with Gasteiger partial charge in [0.25, 0.3) is 6.01 Å². The summed E-state index contributed by atoms with van der Waals surface area (Å²) in [6.45, 7) is 0.555. The lowest BCUT2D eigenvalue weighted by Gasteiger charge is -2.19. The number of nitrogens with zero attached hydrogens (tertiary/aromatic N) is 3. The molecule has 28 heavy (non-hydrogen) atoms. The van der Waals surface area contributed by atoms with Crippen molar-refractivity contribution in [3.63, 3.8) is 0 Å². The number of aromatic nitrogens is 2. The van der Waals surface area contributed by atoms with Crippen LogP contribution in [0.25, 0.3) is 0 Å². The summed E-state index contributed by atoms with van der Waals surface area (Å²) in [5, 5.41) is 11.2. The van der Waals surface area contributed by atoms with Crippen LogP contribution in [0.5, 0.6) is 6.01 Å². The van der Waals surface area contributed by atoms with Crippen LogP contribution in [-0.4, -0.2) is 14.6 Å². The van der Waals surface area contributed by atoms with E-state index >= 15 is 0 Å². The molecule has 0 aliphatic heterocycles. The van der Waals surface area contributed by atoms with Crippen LogP contribution in [0.3, 0.4) is 0 Å². The highest BCUT2D eigenvalue weighted by molar-refractivity contribution is 6.30. The van der Waals surface area contributed by atoms with Gasteiger partial charge in [-0.1, -0.05) is 47.5 Å². The summed E-state index contributed by atoms with van der Waals surface area (Å²) in [4.78, 5) is 19.2. The maximum absolute atomic E-state index is 10.7. The summed E-state index contributed by atoms with van der Waals surface area (Å²) in [5.74, 6) is 0.222. The van der Waals surface area contributed by atoms with Crippen molar-refractivity contribution in [2.75, 3.05) is 0 Å². The highest BCUT2D eigenvalue weighted by Crippen LogP contribution is 2.22. The van der Waals surface area contributed by atoms with Gasteiger partial charge in [0.05, 0.1) is 0 Å². The Labute approximate surface area is 172 Å². The molecule has 1 unspecified atom stereocenters. The molecule has 1 aromatic heterocycles. The number of halogens is 2. The van der Waals surface area contributed by atoms with Crippen molar-refractivity contribution < 1.29 is 9.92 Å². The lowest BCUT2D eigenvalue weighted by molar-refractivity contribution is -0.713. The van der Waals surface area contributed by atoms with E-state index < -0.39 is 5.09 Å². The molecule has 0 saturated carbocycles. The van der Waals surface area contributed by atoms with E-state index in [0.29, 0.717) is 16.6 Å². The second kappa shape index (κ2) is 9.57. The monoisotopic (exact) mass is 419 g/mol. The van der Waals surface area contributed by atoms with Gasteiger partial charge in [-0.15, -0.1) is 10.1 Å². The smallest absolute Gasteiger partial charge is 0.302 e. The van der Waals surface area contributed by atoms with Gasteiger partial charge < -0.3 is 4.57 Å². The summed E-state index contributed by atoms with van der Waals surface area (Å²) in [6.07, 6.45) is 5.75. The van der Waals surface area contributed by atoms with Crippen molar-refractivity contribution in [2.45, 2.75) is 25.8 Å². The van der Waals surface area contributed by atoms with Crippen molar-refractivity contribution >= 4 is 23.2 Å². The Hall–Kier alpha value is -2.57. The topological polar surface area (TPSA) is 70.2 Å². The van der Waals surface area contributed by atoms with Gasteiger partial charge in [-0.05, 0) is 60.6 Å². The number of imidazole rings is 1. The van der Waals surface area contributed by atoms with Crippen LogP contribution in [-0.2, 0) is 19.4 Å².